The Bertz CT molecular complexity index is 1130. The summed E-state index contributed by atoms with van der Waals surface area (Å²) in [4.78, 5) is 28.6. The lowest BCUT2D eigenvalue weighted by Gasteiger charge is -2.30. The first-order chi connectivity index (χ1) is 16.6. The van der Waals surface area contributed by atoms with Crippen LogP contribution in [0.1, 0.15) is 70.3 Å². The highest BCUT2D eigenvalue weighted by molar-refractivity contribution is 7.22. The first kappa shape index (κ1) is 23.0. The molecule has 0 spiro atoms. The molecule has 2 aromatic heterocycles. The van der Waals surface area contributed by atoms with E-state index in [9.17, 15) is 4.79 Å². The van der Waals surface area contributed by atoms with Gasteiger partial charge in [0, 0.05) is 37.6 Å². The van der Waals surface area contributed by atoms with Gasteiger partial charge in [0.2, 0.25) is 5.95 Å². The number of nitrogens with one attached hydrogen (secondary N) is 2. The molecule has 1 aliphatic heterocycles. The number of urea groups is 1. The minimum atomic E-state index is -0.211. The van der Waals surface area contributed by atoms with E-state index >= 15 is 0 Å². The molecule has 0 radical (unpaired) electrons. The van der Waals surface area contributed by atoms with Gasteiger partial charge in [-0.25, -0.2) is 19.7 Å². The van der Waals surface area contributed by atoms with E-state index in [1.807, 2.05) is 19.3 Å². The maximum Gasteiger partial charge on any atom is 0.321 e. The molecule has 180 valence electrons. The molecule has 34 heavy (non-hydrogen) atoms. The van der Waals surface area contributed by atoms with Crippen molar-refractivity contribution in [3.63, 3.8) is 0 Å². The summed E-state index contributed by atoms with van der Waals surface area (Å²) in [6.45, 7) is 6.86. The smallest absolute Gasteiger partial charge is 0.321 e. The van der Waals surface area contributed by atoms with E-state index in [0.717, 1.165) is 41.6 Å². The van der Waals surface area contributed by atoms with Crippen molar-refractivity contribution in [2.45, 2.75) is 64.7 Å². The van der Waals surface area contributed by atoms with E-state index in [1.165, 1.54) is 55.2 Å². The van der Waals surface area contributed by atoms with Crippen molar-refractivity contribution in [3.8, 4) is 11.1 Å². The third-order valence-electron chi connectivity index (χ3n) is 7.16. The second-order valence-corrected chi connectivity index (χ2v) is 10.7. The summed E-state index contributed by atoms with van der Waals surface area (Å²) in [6.07, 6.45) is 12.6. The van der Waals surface area contributed by atoms with Gasteiger partial charge in [0.05, 0.1) is 10.2 Å². The molecule has 0 bridgehead atoms. The Morgan fingerprint density at radius 3 is 2.50 bits per heavy atom. The van der Waals surface area contributed by atoms with Crippen LogP contribution in [0, 0.1) is 5.92 Å². The van der Waals surface area contributed by atoms with Crippen LogP contribution in [0.3, 0.4) is 0 Å². The normalized spacial score (nSPS) is 17.8. The van der Waals surface area contributed by atoms with Gasteiger partial charge in [-0.2, -0.15) is 0 Å². The first-order valence-electron chi connectivity index (χ1n) is 12.7. The van der Waals surface area contributed by atoms with Crippen LogP contribution in [0.25, 0.3) is 21.3 Å². The van der Waals surface area contributed by atoms with Gasteiger partial charge in [-0.05, 0) is 67.7 Å². The zero-order valence-corrected chi connectivity index (χ0v) is 21.0. The number of carbonyl (C=O) groups is 1. The number of hydrogen-bond donors (Lipinski definition) is 2. The van der Waals surface area contributed by atoms with Gasteiger partial charge < -0.3 is 10.2 Å². The van der Waals surface area contributed by atoms with Crippen LogP contribution in [0.2, 0.25) is 0 Å². The number of benzene rings is 1. The van der Waals surface area contributed by atoms with Crippen LogP contribution < -0.4 is 15.5 Å². The predicted octanol–water partition coefficient (Wildman–Crippen LogP) is 6.18. The standard InChI is InChI=1S/C26H34N6OS/c1-3-27-25(33)31-26-30-22-14-19(13-21(23(22)34-26)18-7-5-4-6-8-18)20-15-28-24(29-16-20)32-11-9-17(2)10-12-32/h13-18H,3-12H2,1-2H3,(H2,27,30,31,33). The van der Waals surface area contributed by atoms with Crippen molar-refractivity contribution in [1.82, 2.24) is 20.3 Å². The van der Waals surface area contributed by atoms with Gasteiger partial charge in [-0.3, -0.25) is 5.32 Å². The Hall–Kier alpha value is -2.74. The average Bonchev–Trinajstić information content (AvgIpc) is 3.27. The Balaban J connectivity index is 1.47. The van der Waals surface area contributed by atoms with Crippen LogP contribution in [-0.2, 0) is 0 Å². The molecule has 3 aromatic rings. The number of anilines is 2. The molecule has 1 saturated heterocycles. The summed E-state index contributed by atoms with van der Waals surface area (Å²) in [5.41, 5.74) is 4.40. The molecular formula is C26H34N6OS. The monoisotopic (exact) mass is 478 g/mol. The molecule has 0 atom stereocenters. The largest absolute Gasteiger partial charge is 0.341 e. The first-order valence-corrected chi connectivity index (χ1v) is 13.5. The lowest BCUT2D eigenvalue weighted by atomic mass is 9.83. The molecule has 1 aromatic carbocycles. The van der Waals surface area contributed by atoms with E-state index in [4.69, 9.17) is 15.0 Å². The topological polar surface area (TPSA) is 83.0 Å². The van der Waals surface area contributed by atoms with E-state index in [-0.39, 0.29) is 6.03 Å². The molecule has 0 unspecified atom stereocenters. The number of hydrogen-bond acceptors (Lipinski definition) is 6. The molecule has 7 nitrogen and oxygen atoms in total. The molecule has 5 rings (SSSR count). The zero-order valence-electron chi connectivity index (χ0n) is 20.1. The highest BCUT2D eigenvalue weighted by Gasteiger charge is 2.22. The fourth-order valence-corrected chi connectivity index (χ4v) is 6.17. The molecule has 2 aliphatic rings. The maximum absolute atomic E-state index is 12.1. The van der Waals surface area contributed by atoms with Crippen LogP contribution in [0.5, 0.6) is 0 Å². The number of fused-ring (bicyclic) bond motifs is 1. The lowest BCUT2D eigenvalue weighted by Crippen LogP contribution is -2.33. The van der Waals surface area contributed by atoms with Gasteiger partial charge in [0.1, 0.15) is 0 Å². The minimum absolute atomic E-state index is 0.211. The van der Waals surface area contributed by atoms with E-state index in [2.05, 4.69) is 34.6 Å². The molecule has 8 heteroatoms. The number of aromatic nitrogens is 3. The number of piperidine rings is 1. The van der Waals surface area contributed by atoms with Crippen LogP contribution in [0.4, 0.5) is 15.9 Å². The van der Waals surface area contributed by atoms with E-state index < -0.39 is 0 Å². The molecule has 2 amide bonds. The fraction of sp³-hybridized carbons (Fsp3) is 0.538. The Morgan fingerprint density at radius 2 is 1.79 bits per heavy atom. The fourth-order valence-electron chi connectivity index (χ4n) is 5.14. The van der Waals surface area contributed by atoms with Crippen LogP contribution in [0.15, 0.2) is 24.5 Å². The number of rotatable bonds is 5. The van der Waals surface area contributed by atoms with Gasteiger partial charge in [-0.15, -0.1) is 0 Å². The second kappa shape index (κ2) is 10.3. The zero-order chi connectivity index (χ0) is 23.5. The quantitative estimate of drug-likeness (QED) is 0.458. The van der Waals surface area contributed by atoms with Crippen molar-refractivity contribution in [1.29, 1.82) is 0 Å². The third-order valence-corrected chi connectivity index (χ3v) is 8.20. The lowest BCUT2D eigenvalue weighted by molar-refractivity contribution is 0.252. The maximum atomic E-state index is 12.1. The Morgan fingerprint density at radius 1 is 1.06 bits per heavy atom. The van der Waals surface area contributed by atoms with Crippen molar-refractivity contribution in [3.05, 3.63) is 30.1 Å². The van der Waals surface area contributed by atoms with Crippen molar-refractivity contribution in [2.75, 3.05) is 29.9 Å². The van der Waals surface area contributed by atoms with Gasteiger partial charge in [-0.1, -0.05) is 37.5 Å². The Labute approximate surface area is 205 Å². The van der Waals surface area contributed by atoms with Gasteiger partial charge in [0.25, 0.3) is 0 Å². The minimum Gasteiger partial charge on any atom is -0.341 e. The SMILES string of the molecule is CCNC(=O)Nc1nc2cc(-c3cnc(N4CCC(C)CC4)nc3)cc(C3CCCCC3)c2s1. The van der Waals surface area contributed by atoms with Crippen LogP contribution in [-0.4, -0.2) is 40.6 Å². The molecular weight excluding hydrogens is 444 g/mol. The summed E-state index contributed by atoms with van der Waals surface area (Å²) in [6, 6.07) is 4.21. The predicted molar refractivity (Wildman–Crippen MR) is 140 cm³/mol. The molecule has 1 aliphatic carbocycles. The summed E-state index contributed by atoms with van der Waals surface area (Å²) < 4.78 is 1.18. The summed E-state index contributed by atoms with van der Waals surface area (Å²) in [5.74, 6) is 2.14. The van der Waals surface area contributed by atoms with Gasteiger partial charge in [0.15, 0.2) is 5.13 Å². The van der Waals surface area contributed by atoms with E-state index in [1.54, 1.807) is 11.3 Å². The summed E-state index contributed by atoms with van der Waals surface area (Å²) in [7, 11) is 0. The van der Waals surface area contributed by atoms with Crippen LogP contribution >= 0.6 is 11.3 Å². The molecule has 3 heterocycles. The molecule has 2 fully saturated rings. The van der Waals surface area contributed by atoms with E-state index in [0.29, 0.717) is 17.6 Å². The number of amides is 2. The van der Waals surface area contributed by atoms with Crippen molar-refractivity contribution >= 4 is 38.7 Å². The highest BCUT2D eigenvalue weighted by Crippen LogP contribution is 2.41. The number of nitrogens with zero attached hydrogens (tertiary/aromatic N) is 4. The second-order valence-electron chi connectivity index (χ2n) is 9.69. The van der Waals surface area contributed by atoms with Crippen molar-refractivity contribution < 1.29 is 4.79 Å². The van der Waals surface area contributed by atoms with Crippen molar-refractivity contribution in [2.24, 2.45) is 5.92 Å². The third kappa shape index (κ3) is 5.02. The summed E-state index contributed by atoms with van der Waals surface area (Å²) in [5, 5.41) is 6.32. The molecule has 2 N–H and O–H groups in total. The van der Waals surface area contributed by atoms with Gasteiger partial charge >= 0.3 is 6.03 Å². The average molecular weight is 479 g/mol. The summed E-state index contributed by atoms with van der Waals surface area (Å²) >= 11 is 1.58. The Kier molecular flexibility index (Phi) is 6.94. The molecule has 1 saturated carbocycles. The number of thiazole rings is 1. The number of carbonyl (C=O) groups excluding carboxylic acids is 1. The highest BCUT2D eigenvalue weighted by atomic mass is 32.1.